The molecule has 4 nitrogen and oxygen atoms in total. The molecule has 0 saturated carbocycles. The third kappa shape index (κ3) is 3.67. The minimum atomic E-state index is -0.345. The van der Waals surface area contributed by atoms with E-state index >= 15 is 0 Å². The van der Waals surface area contributed by atoms with Crippen molar-refractivity contribution in [3.05, 3.63) is 0 Å². The van der Waals surface area contributed by atoms with Gasteiger partial charge in [0.25, 0.3) is 0 Å². The lowest BCUT2D eigenvalue weighted by atomic mass is 10.2. The number of nitrogens with one attached hydrogen (secondary N) is 1. The van der Waals surface area contributed by atoms with Crippen LogP contribution in [0, 0.1) is 0 Å². The third-order valence-corrected chi connectivity index (χ3v) is 2.96. The van der Waals surface area contributed by atoms with Crippen molar-refractivity contribution in [2.45, 2.75) is 25.0 Å². The smallest absolute Gasteiger partial charge is 0.236 e. The SMILES string of the molecule is CCCC1CN=C(NCC(N)=O)S1. The van der Waals surface area contributed by atoms with Gasteiger partial charge in [-0.05, 0) is 6.42 Å². The third-order valence-electron chi connectivity index (χ3n) is 1.74. The van der Waals surface area contributed by atoms with Gasteiger partial charge in [0, 0.05) is 5.25 Å². The first kappa shape index (κ1) is 10.4. The number of nitrogens with zero attached hydrogens (tertiary/aromatic N) is 1. The quantitative estimate of drug-likeness (QED) is 0.689. The van der Waals surface area contributed by atoms with Gasteiger partial charge in [0.1, 0.15) is 0 Å². The van der Waals surface area contributed by atoms with Crippen LogP contribution >= 0.6 is 11.8 Å². The number of primary amides is 1. The van der Waals surface area contributed by atoms with Gasteiger partial charge in [-0.2, -0.15) is 0 Å². The Labute approximate surface area is 82.4 Å². The van der Waals surface area contributed by atoms with Crippen molar-refractivity contribution in [1.29, 1.82) is 0 Å². The molecule has 1 aliphatic rings. The Morgan fingerprint density at radius 3 is 3.23 bits per heavy atom. The van der Waals surface area contributed by atoms with Gasteiger partial charge in [-0.25, -0.2) is 0 Å². The van der Waals surface area contributed by atoms with E-state index in [-0.39, 0.29) is 12.5 Å². The van der Waals surface area contributed by atoms with Crippen molar-refractivity contribution in [1.82, 2.24) is 5.32 Å². The Balaban J connectivity index is 2.20. The lowest BCUT2D eigenvalue weighted by molar-refractivity contribution is -0.116. The standard InChI is InChI=1S/C8H15N3OS/c1-2-3-6-4-10-8(13-6)11-5-7(9)12/h6H,2-5H2,1H3,(H2,9,12)(H,10,11). The summed E-state index contributed by atoms with van der Waals surface area (Å²) in [4.78, 5) is 14.7. The fourth-order valence-corrected chi connectivity index (χ4v) is 2.27. The van der Waals surface area contributed by atoms with Crippen LogP contribution in [-0.2, 0) is 4.79 Å². The maximum absolute atomic E-state index is 10.5. The molecule has 1 heterocycles. The number of carbonyl (C=O) groups is 1. The van der Waals surface area contributed by atoms with Gasteiger partial charge < -0.3 is 11.1 Å². The lowest BCUT2D eigenvalue weighted by Crippen LogP contribution is -2.31. The summed E-state index contributed by atoms with van der Waals surface area (Å²) in [5, 5.41) is 4.35. The zero-order valence-corrected chi connectivity index (χ0v) is 8.56. The van der Waals surface area contributed by atoms with Crippen molar-refractivity contribution >= 4 is 22.8 Å². The Hall–Kier alpha value is -0.710. The summed E-state index contributed by atoms with van der Waals surface area (Å²) in [5.41, 5.74) is 5.00. The topological polar surface area (TPSA) is 67.5 Å². The van der Waals surface area contributed by atoms with Crippen molar-refractivity contribution in [3.8, 4) is 0 Å². The summed E-state index contributed by atoms with van der Waals surface area (Å²) in [7, 11) is 0. The molecule has 1 aliphatic heterocycles. The number of nitrogens with two attached hydrogens (primary N) is 1. The highest BCUT2D eigenvalue weighted by atomic mass is 32.2. The molecule has 0 saturated heterocycles. The van der Waals surface area contributed by atoms with Crippen LogP contribution in [-0.4, -0.2) is 29.4 Å². The molecule has 0 aromatic heterocycles. The second-order valence-electron chi connectivity index (χ2n) is 2.99. The largest absolute Gasteiger partial charge is 0.368 e. The number of amides is 1. The molecule has 0 bridgehead atoms. The molecule has 1 amide bonds. The van der Waals surface area contributed by atoms with Gasteiger partial charge in [-0.15, -0.1) is 0 Å². The Morgan fingerprint density at radius 2 is 2.62 bits per heavy atom. The molecule has 0 fully saturated rings. The zero-order chi connectivity index (χ0) is 9.68. The molecule has 0 spiro atoms. The van der Waals surface area contributed by atoms with Crippen LogP contribution < -0.4 is 11.1 Å². The van der Waals surface area contributed by atoms with Crippen LogP contribution in [0.5, 0.6) is 0 Å². The highest BCUT2D eigenvalue weighted by Crippen LogP contribution is 2.23. The number of rotatable bonds is 4. The Kier molecular flexibility index (Phi) is 4.08. The number of hydrogen-bond acceptors (Lipinski definition) is 4. The van der Waals surface area contributed by atoms with Gasteiger partial charge in [-0.3, -0.25) is 9.79 Å². The Morgan fingerprint density at radius 1 is 1.85 bits per heavy atom. The number of aliphatic imine (C=N–C) groups is 1. The maximum atomic E-state index is 10.5. The predicted octanol–water partition coefficient (Wildman–Crippen LogP) is 0.333. The van der Waals surface area contributed by atoms with Gasteiger partial charge >= 0.3 is 0 Å². The zero-order valence-electron chi connectivity index (χ0n) is 7.75. The van der Waals surface area contributed by atoms with Crippen LogP contribution in [0.15, 0.2) is 4.99 Å². The van der Waals surface area contributed by atoms with E-state index in [0.717, 1.165) is 11.7 Å². The van der Waals surface area contributed by atoms with E-state index in [1.165, 1.54) is 12.8 Å². The average molecular weight is 201 g/mol. The van der Waals surface area contributed by atoms with E-state index < -0.39 is 0 Å². The molecule has 0 aliphatic carbocycles. The molecule has 1 unspecified atom stereocenters. The number of thioether (sulfide) groups is 1. The van der Waals surface area contributed by atoms with Gasteiger partial charge in [0.15, 0.2) is 5.17 Å². The van der Waals surface area contributed by atoms with E-state index in [1.807, 2.05) is 0 Å². The van der Waals surface area contributed by atoms with Crippen molar-refractivity contribution in [3.63, 3.8) is 0 Å². The summed E-state index contributed by atoms with van der Waals surface area (Å²) in [6.45, 7) is 3.21. The molecular formula is C8H15N3OS. The molecule has 74 valence electrons. The van der Waals surface area contributed by atoms with Crippen molar-refractivity contribution < 1.29 is 4.79 Å². The number of carbonyl (C=O) groups excluding carboxylic acids is 1. The Bertz CT molecular complexity index is 217. The molecule has 1 rings (SSSR count). The first-order valence-electron chi connectivity index (χ1n) is 4.45. The van der Waals surface area contributed by atoms with E-state index in [2.05, 4.69) is 17.2 Å². The van der Waals surface area contributed by atoms with Crippen LogP contribution in [0.1, 0.15) is 19.8 Å². The molecule has 0 radical (unpaired) electrons. The van der Waals surface area contributed by atoms with Gasteiger partial charge in [-0.1, -0.05) is 25.1 Å². The minimum Gasteiger partial charge on any atom is -0.368 e. The number of amidine groups is 1. The second-order valence-corrected chi connectivity index (χ2v) is 4.28. The van der Waals surface area contributed by atoms with E-state index in [4.69, 9.17) is 5.73 Å². The fraction of sp³-hybridized carbons (Fsp3) is 0.750. The van der Waals surface area contributed by atoms with Gasteiger partial charge in [0.2, 0.25) is 5.91 Å². The molecule has 3 N–H and O–H groups in total. The molecule has 13 heavy (non-hydrogen) atoms. The normalized spacial score (nSPS) is 21.3. The molecular weight excluding hydrogens is 186 g/mol. The molecule has 0 aromatic carbocycles. The molecule has 1 atom stereocenters. The highest BCUT2D eigenvalue weighted by molar-refractivity contribution is 8.14. The minimum absolute atomic E-state index is 0.185. The summed E-state index contributed by atoms with van der Waals surface area (Å²) >= 11 is 1.71. The predicted molar refractivity (Wildman–Crippen MR) is 55.8 cm³/mol. The van der Waals surface area contributed by atoms with E-state index in [9.17, 15) is 4.79 Å². The summed E-state index contributed by atoms with van der Waals surface area (Å²) in [6, 6.07) is 0. The molecule has 0 aromatic rings. The van der Waals surface area contributed by atoms with Crippen LogP contribution in [0.25, 0.3) is 0 Å². The maximum Gasteiger partial charge on any atom is 0.236 e. The fourth-order valence-electron chi connectivity index (χ4n) is 1.15. The number of hydrogen-bond donors (Lipinski definition) is 2. The van der Waals surface area contributed by atoms with Crippen LogP contribution in [0.2, 0.25) is 0 Å². The van der Waals surface area contributed by atoms with Gasteiger partial charge in [0.05, 0.1) is 13.1 Å². The summed E-state index contributed by atoms with van der Waals surface area (Å²) in [6.07, 6.45) is 2.35. The van der Waals surface area contributed by atoms with Crippen molar-refractivity contribution in [2.75, 3.05) is 13.1 Å². The lowest BCUT2D eigenvalue weighted by Gasteiger charge is -2.05. The first-order valence-corrected chi connectivity index (χ1v) is 5.33. The van der Waals surface area contributed by atoms with Crippen molar-refractivity contribution in [2.24, 2.45) is 10.7 Å². The highest BCUT2D eigenvalue weighted by Gasteiger charge is 2.18. The summed E-state index contributed by atoms with van der Waals surface area (Å²) in [5.74, 6) is -0.345. The molecule has 5 heteroatoms. The van der Waals surface area contributed by atoms with E-state index in [0.29, 0.717) is 5.25 Å². The van der Waals surface area contributed by atoms with E-state index in [1.54, 1.807) is 11.8 Å². The van der Waals surface area contributed by atoms with Crippen LogP contribution in [0.3, 0.4) is 0 Å². The average Bonchev–Trinajstić information content (AvgIpc) is 2.50. The first-order chi connectivity index (χ1) is 6.22. The summed E-state index contributed by atoms with van der Waals surface area (Å²) < 4.78 is 0. The van der Waals surface area contributed by atoms with Crippen LogP contribution in [0.4, 0.5) is 0 Å². The second kappa shape index (κ2) is 5.11. The monoisotopic (exact) mass is 201 g/mol.